The Morgan fingerprint density at radius 2 is 1.75 bits per heavy atom. The van der Waals surface area contributed by atoms with Gasteiger partial charge in [0.1, 0.15) is 0 Å². The number of para-hydroxylation sites is 2. The van der Waals surface area contributed by atoms with Crippen LogP contribution in [-0.4, -0.2) is 54.3 Å². The minimum Gasteiger partial charge on any atom is -0.408 e. The van der Waals surface area contributed by atoms with Crippen molar-refractivity contribution in [2.75, 3.05) is 26.2 Å². The number of aromatic nitrogens is 1. The van der Waals surface area contributed by atoms with E-state index >= 15 is 0 Å². The molecule has 0 atom stereocenters. The van der Waals surface area contributed by atoms with E-state index in [1.165, 1.54) is 8.87 Å². The molecule has 9 heteroatoms. The molecule has 0 unspecified atom stereocenters. The highest BCUT2D eigenvalue weighted by Crippen LogP contribution is 2.22. The summed E-state index contributed by atoms with van der Waals surface area (Å²) in [5.74, 6) is -0.460. The molecule has 1 aromatic heterocycles. The van der Waals surface area contributed by atoms with Gasteiger partial charge in [-0.1, -0.05) is 24.3 Å². The van der Waals surface area contributed by atoms with Crippen LogP contribution in [0.4, 0.5) is 0 Å². The Labute approximate surface area is 187 Å². The van der Waals surface area contributed by atoms with Crippen LogP contribution in [0.3, 0.4) is 0 Å². The average molecular weight is 458 g/mol. The number of nitrogens with zero attached hydrogens (tertiary/aromatic N) is 3. The monoisotopic (exact) mass is 457 g/mol. The van der Waals surface area contributed by atoms with Gasteiger partial charge >= 0.3 is 5.76 Å². The van der Waals surface area contributed by atoms with Crippen LogP contribution in [0.1, 0.15) is 24.0 Å². The van der Waals surface area contributed by atoms with Gasteiger partial charge in [0.25, 0.3) is 0 Å². The topological polar surface area (TPSA) is 92.8 Å². The summed E-state index contributed by atoms with van der Waals surface area (Å²) in [5.41, 5.74) is 2.86. The predicted octanol–water partition coefficient (Wildman–Crippen LogP) is 2.52. The van der Waals surface area contributed by atoms with Crippen LogP contribution >= 0.6 is 0 Å². The maximum atomic E-state index is 13.1. The van der Waals surface area contributed by atoms with Crippen molar-refractivity contribution < 1.29 is 17.6 Å². The number of sulfonamides is 1. The van der Waals surface area contributed by atoms with Crippen molar-refractivity contribution in [1.29, 1.82) is 0 Å². The van der Waals surface area contributed by atoms with Gasteiger partial charge < -0.3 is 9.32 Å². The van der Waals surface area contributed by atoms with E-state index in [2.05, 4.69) is 0 Å². The van der Waals surface area contributed by atoms with Gasteiger partial charge in [-0.15, -0.1) is 0 Å². The van der Waals surface area contributed by atoms with Crippen LogP contribution in [-0.2, 0) is 21.4 Å². The maximum absolute atomic E-state index is 13.1. The quantitative estimate of drug-likeness (QED) is 0.567. The second-order valence-corrected chi connectivity index (χ2v) is 10.1. The fraction of sp³-hybridized carbons (Fsp3) is 0.391. The van der Waals surface area contributed by atoms with E-state index in [9.17, 15) is 18.0 Å². The Kier molecular flexibility index (Phi) is 6.21. The summed E-state index contributed by atoms with van der Waals surface area (Å²) in [6.07, 6.45) is 0.791. The highest BCUT2D eigenvalue weighted by atomic mass is 32.2. The molecule has 1 fully saturated rings. The fourth-order valence-corrected chi connectivity index (χ4v) is 5.81. The molecule has 0 N–H and O–H groups in total. The summed E-state index contributed by atoms with van der Waals surface area (Å²) in [4.78, 5) is 26.7. The van der Waals surface area contributed by atoms with Crippen molar-refractivity contribution in [3.63, 3.8) is 0 Å². The largest absolute Gasteiger partial charge is 0.419 e. The molecule has 170 valence electrons. The first kappa shape index (κ1) is 22.3. The van der Waals surface area contributed by atoms with E-state index in [0.717, 1.165) is 16.6 Å². The number of carbonyl (C=O) groups is 1. The van der Waals surface area contributed by atoms with Crippen LogP contribution in [0.2, 0.25) is 0 Å². The van der Waals surface area contributed by atoms with Gasteiger partial charge in [-0.25, -0.2) is 13.2 Å². The molecular formula is C23H27N3O5S. The van der Waals surface area contributed by atoms with Crippen LogP contribution in [0.25, 0.3) is 11.1 Å². The zero-order valence-corrected chi connectivity index (χ0v) is 19.1. The molecule has 0 saturated carbocycles. The summed E-state index contributed by atoms with van der Waals surface area (Å²) in [6, 6.07) is 12.6. The molecule has 1 saturated heterocycles. The lowest BCUT2D eigenvalue weighted by Gasteiger charge is -2.34. The molecule has 0 radical (unpaired) electrons. The Balaban J connectivity index is 1.33. The molecule has 0 aliphatic carbocycles. The van der Waals surface area contributed by atoms with Gasteiger partial charge in [0.15, 0.2) is 5.58 Å². The lowest BCUT2D eigenvalue weighted by Crippen LogP contribution is -2.50. The Morgan fingerprint density at radius 1 is 1.03 bits per heavy atom. The molecule has 1 aliphatic heterocycles. The summed E-state index contributed by atoms with van der Waals surface area (Å²) in [6.45, 7) is 5.31. The van der Waals surface area contributed by atoms with Crippen molar-refractivity contribution in [1.82, 2.24) is 13.8 Å². The third-order valence-corrected chi connectivity index (χ3v) is 7.94. The number of benzene rings is 2. The third kappa shape index (κ3) is 4.35. The number of fused-ring (bicyclic) bond motifs is 1. The number of hydrogen-bond donors (Lipinski definition) is 0. The molecule has 1 amide bonds. The van der Waals surface area contributed by atoms with Crippen molar-refractivity contribution in [2.24, 2.45) is 0 Å². The van der Waals surface area contributed by atoms with E-state index in [0.29, 0.717) is 36.5 Å². The zero-order valence-electron chi connectivity index (χ0n) is 18.3. The molecule has 32 heavy (non-hydrogen) atoms. The second kappa shape index (κ2) is 8.91. The Bertz CT molecular complexity index is 1300. The minimum absolute atomic E-state index is 0.0327. The SMILES string of the molecule is Cc1ccc(C)c(S(=O)(=O)N2CCN(C(=O)CCCn3c(=O)oc4ccccc43)CC2)c1. The number of aryl methyl sites for hydroxylation is 3. The van der Waals surface area contributed by atoms with E-state index in [1.807, 2.05) is 31.2 Å². The van der Waals surface area contributed by atoms with Crippen molar-refractivity contribution in [3.05, 3.63) is 64.1 Å². The van der Waals surface area contributed by atoms with Crippen molar-refractivity contribution >= 4 is 27.0 Å². The average Bonchev–Trinajstić information content (AvgIpc) is 3.10. The standard InChI is InChI=1S/C23H27N3O5S/c1-17-9-10-18(2)21(16-17)32(29,30)25-14-12-24(13-15-25)22(27)8-5-11-26-19-6-3-4-7-20(19)31-23(26)28/h3-4,6-7,9-10,16H,5,8,11-15H2,1-2H3. The van der Waals surface area contributed by atoms with Gasteiger partial charge in [0.05, 0.1) is 10.4 Å². The van der Waals surface area contributed by atoms with E-state index < -0.39 is 15.8 Å². The number of amides is 1. The first-order chi connectivity index (χ1) is 15.3. The van der Waals surface area contributed by atoms with Gasteiger partial charge in [-0.3, -0.25) is 9.36 Å². The normalized spacial score (nSPS) is 15.4. The number of hydrogen-bond acceptors (Lipinski definition) is 5. The zero-order chi connectivity index (χ0) is 22.9. The Hall–Kier alpha value is -2.91. The fourth-order valence-electron chi connectivity index (χ4n) is 4.07. The summed E-state index contributed by atoms with van der Waals surface area (Å²) >= 11 is 0. The minimum atomic E-state index is -3.59. The molecule has 8 nitrogen and oxygen atoms in total. The van der Waals surface area contributed by atoms with Gasteiger partial charge in [-0.2, -0.15) is 4.31 Å². The molecule has 0 spiro atoms. The summed E-state index contributed by atoms with van der Waals surface area (Å²) < 4.78 is 34.3. The van der Waals surface area contributed by atoms with E-state index in [1.54, 1.807) is 30.0 Å². The third-order valence-electron chi connectivity index (χ3n) is 5.90. The predicted molar refractivity (Wildman–Crippen MR) is 121 cm³/mol. The maximum Gasteiger partial charge on any atom is 0.419 e. The summed E-state index contributed by atoms with van der Waals surface area (Å²) in [7, 11) is -3.59. The first-order valence-corrected chi connectivity index (χ1v) is 12.1. The number of carbonyl (C=O) groups excluding carboxylic acids is 1. The number of piperazine rings is 1. The number of oxazole rings is 1. The molecule has 1 aliphatic rings. The number of rotatable bonds is 6. The van der Waals surface area contributed by atoms with Gasteiger partial charge in [0, 0.05) is 39.1 Å². The lowest BCUT2D eigenvalue weighted by molar-refractivity contribution is -0.132. The van der Waals surface area contributed by atoms with Gasteiger partial charge in [0.2, 0.25) is 15.9 Å². The smallest absolute Gasteiger partial charge is 0.408 e. The molecule has 0 bridgehead atoms. The molecule has 3 aromatic rings. The van der Waals surface area contributed by atoms with Crippen molar-refractivity contribution in [3.8, 4) is 0 Å². The molecule has 2 heterocycles. The first-order valence-electron chi connectivity index (χ1n) is 10.7. The molecule has 4 rings (SSSR count). The Morgan fingerprint density at radius 3 is 2.50 bits per heavy atom. The summed E-state index contributed by atoms with van der Waals surface area (Å²) in [5, 5.41) is 0. The van der Waals surface area contributed by atoms with E-state index in [4.69, 9.17) is 4.42 Å². The van der Waals surface area contributed by atoms with Gasteiger partial charge in [-0.05, 0) is 49.6 Å². The van der Waals surface area contributed by atoms with E-state index in [-0.39, 0.29) is 25.4 Å². The second-order valence-electron chi connectivity index (χ2n) is 8.14. The molecular weight excluding hydrogens is 430 g/mol. The van der Waals surface area contributed by atoms with Crippen molar-refractivity contribution in [2.45, 2.75) is 38.1 Å². The van der Waals surface area contributed by atoms with Crippen LogP contribution in [0, 0.1) is 13.8 Å². The van der Waals surface area contributed by atoms with Crippen LogP contribution in [0.5, 0.6) is 0 Å². The van der Waals surface area contributed by atoms with Crippen LogP contribution in [0.15, 0.2) is 56.6 Å². The van der Waals surface area contributed by atoms with Crippen LogP contribution < -0.4 is 5.76 Å². The highest BCUT2D eigenvalue weighted by molar-refractivity contribution is 7.89. The molecule has 2 aromatic carbocycles. The lowest BCUT2D eigenvalue weighted by atomic mass is 10.2. The highest BCUT2D eigenvalue weighted by Gasteiger charge is 2.31.